The van der Waals surface area contributed by atoms with E-state index in [2.05, 4.69) is 15.4 Å². The van der Waals surface area contributed by atoms with Crippen LogP contribution in [0, 0.1) is 5.82 Å². The Morgan fingerprint density at radius 3 is 2.93 bits per heavy atom. The van der Waals surface area contributed by atoms with Crippen molar-refractivity contribution in [2.24, 2.45) is 0 Å². The molecule has 3 heterocycles. The van der Waals surface area contributed by atoms with Crippen LogP contribution in [0.15, 0.2) is 36.7 Å². The van der Waals surface area contributed by atoms with Gasteiger partial charge >= 0.3 is 0 Å². The molecule has 0 aliphatic carbocycles. The molecule has 1 N–H and O–H groups in total. The molecule has 0 fully saturated rings. The van der Waals surface area contributed by atoms with Crippen molar-refractivity contribution in [1.82, 2.24) is 19.5 Å². The lowest BCUT2D eigenvalue weighted by Gasteiger charge is -2.24. The summed E-state index contributed by atoms with van der Waals surface area (Å²) in [6.45, 7) is 4.15. The van der Waals surface area contributed by atoms with Gasteiger partial charge in [0.25, 0.3) is 5.91 Å². The van der Waals surface area contributed by atoms with Crippen molar-refractivity contribution in [1.29, 1.82) is 0 Å². The summed E-state index contributed by atoms with van der Waals surface area (Å²) in [5.74, 6) is 0.622. The third-order valence-electron chi connectivity index (χ3n) is 4.61. The number of carbonyl (C=O) groups excluding carboxylic acids is 1. The van der Waals surface area contributed by atoms with Gasteiger partial charge in [0, 0.05) is 18.8 Å². The summed E-state index contributed by atoms with van der Waals surface area (Å²) < 4.78 is 21.4. The summed E-state index contributed by atoms with van der Waals surface area (Å²) >= 11 is 0. The quantitative estimate of drug-likeness (QED) is 0.660. The van der Waals surface area contributed by atoms with Crippen LogP contribution >= 0.6 is 0 Å². The number of hydrogen-bond acceptors (Lipinski definition) is 5. The highest BCUT2D eigenvalue weighted by molar-refractivity contribution is 5.99. The van der Waals surface area contributed by atoms with Crippen molar-refractivity contribution < 1.29 is 13.9 Å². The van der Waals surface area contributed by atoms with Crippen LogP contribution in [0.3, 0.4) is 0 Å². The normalized spacial score (nSPS) is 20.3. The minimum absolute atomic E-state index is 0.184. The summed E-state index contributed by atoms with van der Waals surface area (Å²) in [6, 6.07) is 5.95. The van der Waals surface area contributed by atoms with Crippen LogP contribution in [0.5, 0.6) is 5.75 Å². The summed E-state index contributed by atoms with van der Waals surface area (Å²) in [6.07, 6.45) is 2.97. The Hall–Kier alpha value is -3.16. The minimum atomic E-state index is -0.336. The van der Waals surface area contributed by atoms with E-state index < -0.39 is 0 Å². The molecule has 3 aromatic rings. The molecule has 1 aliphatic heterocycles. The molecular formula is C19H20FN5O2. The summed E-state index contributed by atoms with van der Waals surface area (Å²) in [4.78, 5) is 19.0. The van der Waals surface area contributed by atoms with Crippen LogP contribution in [0.2, 0.25) is 0 Å². The lowest BCUT2D eigenvalue weighted by Crippen LogP contribution is -2.35. The van der Waals surface area contributed by atoms with E-state index in [4.69, 9.17) is 4.74 Å². The first-order valence-corrected chi connectivity index (χ1v) is 8.75. The van der Waals surface area contributed by atoms with Gasteiger partial charge in [0.2, 0.25) is 0 Å². The SMILES string of the molecule is CC1Nc2ccn3ncc(c3n2)C(=O)N(C)C[C@H](C)Oc2ccc(F)cc21. The van der Waals surface area contributed by atoms with Crippen molar-refractivity contribution in [3.63, 3.8) is 0 Å². The zero-order chi connectivity index (χ0) is 19.1. The highest BCUT2D eigenvalue weighted by Crippen LogP contribution is 2.30. The third kappa shape index (κ3) is 3.18. The Balaban J connectivity index is 1.84. The molecular weight excluding hydrogens is 349 g/mol. The predicted octanol–water partition coefficient (Wildman–Crippen LogP) is 2.89. The number of ether oxygens (including phenoxy) is 1. The average molecular weight is 369 g/mol. The van der Waals surface area contributed by atoms with E-state index in [9.17, 15) is 9.18 Å². The predicted molar refractivity (Wildman–Crippen MR) is 98.5 cm³/mol. The Bertz CT molecular complexity index is 1020. The smallest absolute Gasteiger partial charge is 0.259 e. The molecule has 2 bridgehead atoms. The van der Waals surface area contributed by atoms with E-state index in [1.807, 2.05) is 13.8 Å². The van der Waals surface area contributed by atoms with Crippen molar-refractivity contribution in [3.05, 3.63) is 53.6 Å². The van der Waals surface area contributed by atoms with E-state index in [0.717, 1.165) is 0 Å². The van der Waals surface area contributed by atoms with Crippen LogP contribution in [0.25, 0.3) is 5.65 Å². The number of nitrogens with zero attached hydrogens (tertiary/aromatic N) is 4. The highest BCUT2D eigenvalue weighted by Gasteiger charge is 2.23. The molecule has 140 valence electrons. The number of aromatic nitrogens is 3. The van der Waals surface area contributed by atoms with Crippen molar-refractivity contribution in [2.45, 2.75) is 26.0 Å². The maximum Gasteiger partial charge on any atom is 0.259 e. The fraction of sp³-hybridized carbons (Fsp3) is 0.316. The number of anilines is 1. The first kappa shape index (κ1) is 17.3. The van der Waals surface area contributed by atoms with Gasteiger partial charge in [0.1, 0.15) is 29.1 Å². The number of likely N-dealkylation sites (N-methyl/N-ethyl adjacent to an activating group) is 1. The van der Waals surface area contributed by atoms with Gasteiger partial charge in [-0.3, -0.25) is 4.79 Å². The standard InChI is InChI=1S/C19H20FN5O2/c1-11-10-24(3)19(26)15-9-21-25-7-6-17(23-18(15)25)22-12(2)14-8-13(20)4-5-16(14)27-11/h4-9,11-12H,10H2,1-3H3,(H,22,23)/t11-,12?/m0/s1. The van der Waals surface area contributed by atoms with Crippen LogP contribution in [-0.4, -0.2) is 45.1 Å². The van der Waals surface area contributed by atoms with E-state index >= 15 is 0 Å². The minimum Gasteiger partial charge on any atom is -0.489 e. The van der Waals surface area contributed by atoms with Gasteiger partial charge in [-0.1, -0.05) is 0 Å². The molecule has 0 saturated carbocycles. The van der Waals surface area contributed by atoms with E-state index in [1.165, 1.54) is 18.3 Å². The van der Waals surface area contributed by atoms with Crippen LogP contribution in [-0.2, 0) is 0 Å². The molecule has 0 saturated heterocycles. The van der Waals surface area contributed by atoms with Crippen molar-refractivity contribution in [3.8, 4) is 5.75 Å². The van der Waals surface area contributed by atoms with Gasteiger partial charge in [-0.05, 0) is 38.1 Å². The average Bonchev–Trinajstić information content (AvgIpc) is 3.04. The molecule has 0 spiro atoms. The number of nitrogens with one attached hydrogen (secondary N) is 1. The van der Waals surface area contributed by atoms with Crippen LogP contribution < -0.4 is 10.1 Å². The van der Waals surface area contributed by atoms with Gasteiger partial charge in [0.05, 0.1) is 18.8 Å². The van der Waals surface area contributed by atoms with Gasteiger partial charge in [-0.15, -0.1) is 0 Å². The molecule has 1 aliphatic rings. The molecule has 8 heteroatoms. The molecule has 4 rings (SSSR count). The fourth-order valence-corrected chi connectivity index (χ4v) is 3.29. The number of fused-ring (bicyclic) bond motifs is 2. The number of hydrogen-bond donors (Lipinski definition) is 1. The van der Waals surface area contributed by atoms with Gasteiger partial charge in [-0.25, -0.2) is 13.9 Å². The van der Waals surface area contributed by atoms with Gasteiger partial charge in [0.15, 0.2) is 5.65 Å². The fourth-order valence-electron chi connectivity index (χ4n) is 3.29. The molecule has 2 aromatic heterocycles. The Morgan fingerprint density at radius 2 is 2.11 bits per heavy atom. The van der Waals surface area contributed by atoms with E-state index in [0.29, 0.717) is 34.9 Å². The second-order valence-electron chi connectivity index (χ2n) is 6.80. The topological polar surface area (TPSA) is 71.8 Å². The molecule has 0 radical (unpaired) electrons. The van der Waals surface area contributed by atoms with Crippen molar-refractivity contribution >= 4 is 17.4 Å². The molecule has 27 heavy (non-hydrogen) atoms. The number of halogens is 1. The second kappa shape index (κ2) is 6.53. The zero-order valence-electron chi connectivity index (χ0n) is 15.3. The third-order valence-corrected chi connectivity index (χ3v) is 4.61. The van der Waals surface area contributed by atoms with Gasteiger partial charge < -0.3 is 15.0 Å². The molecule has 1 amide bonds. The molecule has 1 aromatic carbocycles. The number of amides is 1. The Kier molecular flexibility index (Phi) is 4.18. The molecule has 2 atom stereocenters. The number of carbonyl (C=O) groups is 1. The van der Waals surface area contributed by atoms with Crippen LogP contribution in [0.4, 0.5) is 10.2 Å². The summed E-state index contributed by atoms with van der Waals surface area (Å²) in [5.41, 5.74) is 1.57. The maximum absolute atomic E-state index is 13.9. The van der Waals surface area contributed by atoms with Gasteiger partial charge in [-0.2, -0.15) is 5.10 Å². The van der Waals surface area contributed by atoms with Crippen molar-refractivity contribution in [2.75, 3.05) is 18.9 Å². The van der Waals surface area contributed by atoms with E-state index in [-0.39, 0.29) is 23.9 Å². The first-order valence-electron chi connectivity index (χ1n) is 8.75. The molecule has 7 nitrogen and oxygen atoms in total. The Morgan fingerprint density at radius 1 is 1.30 bits per heavy atom. The lowest BCUT2D eigenvalue weighted by atomic mass is 10.1. The molecule has 1 unspecified atom stereocenters. The second-order valence-corrected chi connectivity index (χ2v) is 6.80. The Labute approximate surface area is 155 Å². The lowest BCUT2D eigenvalue weighted by molar-refractivity contribution is 0.0728. The number of benzene rings is 1. The monoisotopic (exact) mass is 369 g/mol. The largest absolute Gasteiger partial charge is 0.489 e. The van der Waals surface area contributed by atoms with E-state index in [1.54, 1.807) is 34.8 Å². The summed E-state index contributed by atoms with van der Waals surface area (Å²) in [5, 5.41) is 7.46. The van der Waals surface area contributed by atoms with Crippen LogP contribution in [0.1, 0.15) is 35.8 Å². The maximum atomic E-state index is 13.9. The summed E-state index contributed by atoms with van der Waals surface area (Å²) in [7, 11) is 1.71. The first-order chi connectivity index (χ1) is 12.9. The highest BCUT2D eigenvalue weighted by atomic mass is 19.1. The zero-order valence-corrected chi connectivity index (χ0v) is 15.3. The number of rotatable bonds is 0.